The second kappa shape index (κ2) is 6.69. The van der Waals surface area contributed by atoms with Crippen molar-refractivity contribution >= 4 is 12.1 Å². The molecule has 0 saturated heterocycles. The summed E-state index contributed by atoms with van der Waals surface area (Å²) in [6, 6.07) is 6.54. The smallest absolute Gasteiger partial charge is 0.408 e. The molecule has 2 rings (SSSR count). The summed E-state index contributed by atoms with van der Waals surface area (Å²) in [6.07, 6.45) is -0.582. The van der Waals surface area contributed by atoms with E-state index in [1.54, 1.807) is 50.5 Å². The zero-order valence-corrected chi connectivity index (χ0v) is 14.0. The largest absolute Gasteiger partial charge is 0.478 e. The lowest BCUT2D eigenvalue weighted by Crippen LogP contribution is -2.32. The summed E-state index contributed by atoms with van der Waals surface area (Å²) in [5, 5.41) is 19.9. The first-order valence-electron chi connectivity index (χ1n) is 7.39. The maximum absolute atomic E-state index is 11.8. The number of amides is 1. The first kappa shape index (κ1) is 17.5. The minimum Gasteiger partial charge on any atom is -0.478 e. The first-order valence-corrected chi connectivity index (χ1v) is 7.39. The number of para-hydroxylation sites is 1. The fourth-order valence-electron chi connectivity index (χ4n) is 2.15. The summed E-state index contributed by atoms with van der Waals surface area (Å²) in [7, 11) is 0. The van der Waals surface area contributed by atoms with Crippen LogP contribution in [0.5, 0.6) is 0 Å². The van der Waals surface area contributed by atoms with E-state index in [2.05, 4.69) is 15.5 Å². The molecule has 1 amide bonds. The predicted molar refractivity (Wildman–Crippen MR) is 86.1 cm³/mol. The molecule has 24 heavy (non-hydrogen) atoms. The molecule has 8 nitrogen and oxygen atoms in total. The van der Waals surface area contributed by atoms with Gasteiger partial charge in [0, 0.05) is 0 Å². The number of carboxylic acids is 1. The Bertz CT molecular complexity index is 762. The van der Waals surface area contributed by atoms with E-state index in [9.17, 15) is 14.7 Å². The third-order valence-electron chi connectivity index (χ3n) is 3.06. The number of aromatic carboxylic acids is 1. The molecule has 0 aliphatic carbocycles. The van der Waals surface area contributed by atoms with Gasteiger partial charge in [-0.15, -0.1) is 10.2 Å². The van der Waals surface area contributed by atoms with E-state index in [1.807, 2.05) is 0 Å². The van der Waals surface area contributed by atoms with Crippen LogP contribution >= 0.6 is 0 Å². The van der Waals surface area contributed by atoms with Gasteiger partial charge >= 0.3 is 12.1 Å². The van der Waals surface area contributed by atoms with E-state index >= 15 is 0 Å². The normalized spacial score (nSPS) is 11.2. The summed E-state index contributed by atoms with van der Waals surface area (Å²) in [6.45, 7) is 7.07. The van der Waals surface area contributed by atoms with Crippen LogP contribution in [-0.4, -0.2) is 37.5 Å². The summed E-state index contributed by atoms with van der Waals surface area (Å²) < 4.78 is 6.77. The van der Waals surface area contributed by atoms with Crippen molar-refractivity contribution in [2.24, 2.45) is 0 Å². The molecule has 2 N–H and O–H groups in total. The fraction of sp³-hybridized carbons (Fsp3) is 0.375. The molecule has 0 radical (unpaired) electrons. The van der Waals surface area contributed by atoms with Crippen LogP contribution in [0.2, 0.25) is 0 Å². The van der Waals surface area contributed by atoms with E-state index < -0.39 is 17.7 Å². The van der Waals surface area contributed by atoms with Crippen molar-refractivity contribution in [2.45, 2.75) is 39.8 Å². The van der Waals surface area contributed by atoms with Crippen molar-refractivity contribution in [1.29, 1.82) is 0 Å². The molecule has 0 unspecified atom stereocenters. The van der Waals surface area contributed by atoms with Gasteiger partial charge in [0.05, 0.1) is 17.8 Å². The summed E-state index contributed by atoms with van der Waals surface area (Å²) in [5.41, 5.74) is -0.0451. The second-order valence-corrected chi connectivity index (χ2v) is 6.18. The van der Waals surface area contributed by atoms with Crippen LogP contribution in [0.25, 0.3) is 5.69 Å². The van der Waals surface area contributed by atoms with Crippen LogP contribution in [-0.2, 0) is 11.3 Å². The van der Waals surface area contributed by atoms with Gasteiger partial charge in [-0.1, -0.05) is 12.1 Å². The standard InChI is InChI=1S/C16H20N4O4/c1-10-18-19-13(9-17-15(23)24-16(2,3)4)20(10)12-8-6-5-7-11(12)14(21)22/h5-8H,9H2,1-4H3,(H,17,23)(H,21,22). The van der Waals surface area contributed by atoms with E-state index in [-0.39, 0.29) is 12.1 Å². The molecule has 1 heterocycles. The first-order chi connectivity index (χ1) is 11.2. The Hall–Kier alpha value is -2.90. The van der Waals surface area contributed by atoms with Gasteiger partial charge in [-0.3, -0.25) is 4.57 Å². The average molecular weight is 332 g/mol. The van der Waals surface area contributed by atoms with Crippen molar-refractivity contribution in [3.63, 3.8) is 0 Å². The number of ether oxygens (including phenoxy) is 1. The third-order valence-corrected chi connectivity index (χ3v) is 3.06. The SMILES string of the molecule is Cc1nnc(CNC(=O)OC(C)(C)C)n1-c1ccccc1C(=O)O. The number of carbonyl (C=O) groups excluding carboxylic acids is 1. The number of alkyl carbamates (subject to hydrolysis) is 1. The molecule has 2 aromatic rings. The molecule has 0 aliphatic rings. The molecule has 0 bridgehead atoms. The van der Waals surface area contributed by atoms with Gasteiger partial charge in [-0.2, -0.15) is 0 Å². The maximum Gasteiger partial charge on any atom is 0.408 e. The molecular weight excluding hydrogens is 312 g/mol. The number of rotatable bonds is 4. The number of nitrogens with one attached hydrogen (secondary N) is 1. The lowest BCUT2D eigenvalue weighted by Gasteiger charge is -2.19. The van der Waals surface area contributed by atoms with Crippen LogP contribution in [0.3, 0.4) is 0 Å². The number of carbonyl (C=O) groups is 2. The van der Waals surface area contributed by atoms with Crippen LogP contribution in [0.15, 0.2) is 24.3 Å². The average Bonchev–Trinajstić information content (AvgIpc) is 2.84. The lowest BCUT2D eigenvalue weighted by atomic mass is 10.1. The fourth-order valence-corrected chi connectivity index (χ4v) is 2.15. The molecule has 0 fully saturated rings. The van der Waals surface area contributed by atoms with Crippen LogP contribution in [0.1, 0.15) is 42.8 Å². The summed E-state index contributed by atoms with van der Waals surface area (Å²) in [5.74, 6) is -0.124. The summed E-state index contributed by atoms with van der Waals surface area (Å²) in [4.78, 5) is 23.2. The monoisotopic (exact) mass is 332 g/mol. The zero-order valence-electron chi connectivity index (χ0n) is 14.0. The highest BCUT2D eigenvalue weighted by molar-refractivity contribution is 5.92. The number of nitrogens with zero attached hydrogens (tertiary/aromatic N) is 3. The van der Waals surface area contributed by atoms with E-state index in [0.29, 0.717) is 17.3 Å². The molecular formula is C16H20N4O4. The molecule has 128 valence electrons. The summed E-state index contributed by atoms with van der Waals surface area (Å²) >= 11 is 0. The van der Waals surface area contributed by atoms with Gasteiger partial charge in [0.2, 0.25) is 0 Å². The minimum absolute atomic E-state index is 0.0592. The van der Waals surface area contributed by atoms with Crippen LogP contribution in [0, 0.1) is 6.92 Å². The van der Waals surface area contributed by atoms with Gasteiger partial charge in [-0.05, 0) is 39.8 Å². The molecule has 8 heteroatoms. The highest BCUT2D eigenvalue weighted by Gasteiger charge is 2.19. The quantitative estimate of drug-likeness (QED) is 0.890. The lowest BCUT2D eigenvalue weighted by molar-refractivity contribution is 0.0521. The second-order valence-electron chi connectivity index (χ2n) is 6.18. The molecule has 1 aromatic carbocycles. The number of hydrogen-bond acceptors (Lipinski definition) is 5. The Morgan fingerprint density at radius 2 is 1.92 bits per heavy atom. The Kier molecular flexibility index (Phi) is 4.87. The van der Waals surface area contributed by atoms with E-state index in [1.165, 1.54) is 6.07 Å². The highest BCUT2D eigenvalue weighted by atomic mass is 16.6. The van der Waals surface area contributed by atoms with E-state index in [4.69, 9.17) is 4.74 Å². The number of benzene rings is 1. The Morgan fingerprint density at radius 3 is 2.54 bits per heavy atom. The zero-order chi connectivity index (χ0) is 17.9. The number of hydrogen-bond donors (Lipinski definition) is 2. The van der Waals surface area contributed by atoms with Crippen molar-refractivity contribution in [2.75, 3.05) is 0 Å². The minimum atomic E-state index is -1.05. The molecule has 0 saturated carbocycles. The predicted octanol–water partition coefficient (Wildman–Crippen LogP) is 2.30. The Balaban J connectivity index is 2.27. The van der Waals surface area contributed by atoms with Gasteiger partial charge < -0.3 is 15.2 Å². The van der Waals surface area contributed by atoms with E-state index in [0.717, 1.165) is 0 Å². The topological polar surface area (TPSA) is 106 Å². The van der Waals surface area contributed by atoms with Crippen LogP contribution < -0.4 is 5.32 Å². The van der Waals surface area contributed by atoms with Crippen molar-refractivity contribution < 1.29 is 19.4 Å². The third kappa shape index (κ3) is 4.09. The molecule has 1 aromatic heterocycles. The van der Waals surface area contributed by atoms with Gasteiger partial charge in [0.25, 0.3) is 0 Å². The van der Waals surface area contributed by atoms with Crippen molar-refractivity contribution in [3.05, 3.63) is 41.5 Å². The van der Waals surface area contributed by atoms with Crippen molar-refractivity contribution in [1.82, 2.24) is 20.1 Å². The van der Waals surface area contributed by atoms with Crippen molar-refractivity contribution in [3.8, 4) is 5.69 Å². The Morgan fingerprint density at radius 1 is 1.25 bits per heavy atom. The number of aromatic nitrogens is 3. The molecule has 0 spiro atoms. The highest BCUT2D eigenvalue weighted by Crippen LogP contribution is 2.18. The number of carboxylic acid groups (broad SMARTS) is 1. The Labute approximate surface area is 139 Å². The molecule has 0 aliphatic heterocycles. The number of aryl methyl sites for hydroxylation is 1. The van der Waals surface area contributed by atoms with Gasteiger partial charge in [-0.25, -0.2) is 9.59 Å². The van der Waals surface area contributed by atoms with Crippen LogP contribution in [0.4, 0.5) is 4.79 Å². The van der Waals surface area contributed by atoms with Gasteiger partial charge in [0.1, 0.15) is 11.4 Å². The maximum atomic E-state index is 11.8. The van der Waals surface area contributed by atoms with Gasteiger partial charge in [0.15, 0.2) is 5.82 Å². The molecule has 0 atom stereocenters.